The second-order valence-electron chi connectivity index (χ2n) is 4.69. The number of carboxylic acid groups (broad SMARTS) is 1. The van der Waals surface area contributed by atoms with Gasteiger partial charge in [-0.1, -0.05) is 0 Å². The van der Waals surface area contributed by atoms with Gasteiger partial charge in [-0.15, -0.1) is 0 Å². The second kappa shape index (κ2) is 7.85. The Hall–Kier alpha value is -2.62. The van der Waals surface area contributed by atoms with Gasteiger partial charge in [-0.2, -0.15) is 5.26 Å². The van der Waals surface area contributed by atoms with Crippen molar-refractivity contribution in [2.75, 3.05) is 6.54 Å². The van der Waals surface area contributed by atoms with Crippen LogP contribution in [0.1, 0.15) is 36.3 Å². The summed E-state index contributed by atoms with van der Waals surface area (Å²) in [4.78, 5) is 28.5. The molecule has 0 spiro atoms. The molecule has 1 heterocycles. The number of urea groups is 1. The predicted octanol–water partition coefficient (Wildman–Crippen LogP) is 1.61. The van der Waals surface area contributed by atoms with Gasteiger partial charge in [0.1, 0.15) is 0 Å². The number of rotatable bonds is 6. The number of hydrogen-bond acceptors (Lipinski definition) is 4. The lowest BCUT2D eigenvalue weighted by Gasteiger charge is -2.25. The first-order chi connectivity index (χ1) is 9.95. The predicted molar refractivity (Wildman–Crippen MR) is 75.5 cm³/mol. The van der Waals surface area contributed by atoms with Crippen LogP contribution in [0.5, 0.6) is 0 Å². The molecule has 21 heavy (non-hydrogen) atoms. The highest BCUT2D eigenvalue weighted by Gasteiger charge is 2.16. The fourth-order valence-electron chi connectivity index (χ4n) is 1.74. The summed E-state index contributed by atoms with van der Waals surface area (Å²) in [6.45, 7) is 4.21. The number of nitrogens with one attached hydrogen (secondary N) is 1. The molecule has 2 amide bonds. The molecule has 7 nitrogen and oxygen atoms in total. The van der Waals surface area contributed by atoms with Gasteiger partial charge in [0.05, 0.1) is 30.3 Å². The van der Waals surface area contributed by atoms with E-state index in [0.29, 0.717) is 12.2 Å². The van der Waals surface area contributed by atoms with Gasteiger partial charge < -0.3 is 15.3 Å². The zero-order chi connectivity index (χ0) is 15.8. The molecule has 0 atom stereocenters. The van der Waals surface area contributed by atoms with E-state index in [9.17, 15) is 9.59 Å². The molecule has 7 heteroatoms. The average molecular weight is 290 g/mol. The largest absolute Gasteiger partial charge is 0.478 e. The first-order valence-corrected chi connectivity index (χ1v) is 6.55. The lowest BCUT2D eigenvalue weighted by Crippen LogP contribution is -2.44. The van der Waals surface area contributed by atoms with Gasteiger partial charge in [0, 0.05) is 18.8 Å². The molecule has 2 N–H and O–H groups in total. The van der Waals surface area contributed by atoms with Gasteiger partial charge >= 0.3 is 12.0 Å². The van der Waals surface area contributed by atoms with Gasteiger partial charge in [-0.3, -0.25) is 4.98 Å². The molecule has 0 radical (unpaired) electrons. The highest BCUT2D eigenvalue weighted by Crippen LogP contribution is 2.04. The second-order valence-corrected chi connectivity index (χ2v) is 4.69. The fraction of sp³-hybridized carbons (Fsp3) is 0.429. The number of nitriles is 1. The van der Waals surface area contributed by atoms with Crippen LogP contribution in [0.4, 0.5) is 4.79 Å². The number of aromatic nitrogens is 1. The Labute approximate surface area is 123 Å². The summed E-state index contributed by atoms with van der Waals surface area (Å²) in [5, 5.41) is 20.2. The standard InChI is InChI=1S/C14H18N4O3/c1-10(2)18(7-3-5-15)14(21)17-9-12-8-11(13(19)20)4-6-16-12/h4,6,8,10H,3,7,9H2,1-2H3,(H,17,21)(H,19,20). The van der Waals surface area contributed by atoms with Crippen LogP contribution in [0, 0.1) is 11.3 Å². The third-order valence-corrected chi connectivity index (χ3v) is 2.83. The van der Waals surface area contributed by atoms with Crippen LogP contribution in [0.15, 0.2) is 18.3 Å². The number of carbonyl (C=O) groups is 2. The summed E-state index contributed by atoms with van der Waals surface area (Å²) in [6.07, 6.45) is 1.65. The molecule has 1 rings (SSSR count). The van der Waals surface area contributed by atoms with Crippen molar-refractivity contribution >= 4 is 12.0 Å². The average Bonchev–Trinajstić information content (AvgIpc) is 2.45. The number of carboxylic acids is 1. The lowest BCUT2D eigenvalue weighted by atomic mass is 10.2. The van der Waals surface area contributed by atoms with Crippen LogP contribution in [-0.4, -0.2) is 39.6 Å². The normalized spacial score (nSPS) is 10.0. The molecule has 0 saturated carbocycles. The molecule has 0 aliphatic carbocycles. The molecular formula is C14H18N4O3. The van der Waals surface area contributed by atoms with Crippen molar-refractivity contribution in [3.05, 3.63) is 29.6 Å². The lowest BCUT2D eigenvalue weighted by molar-refractivity contribution is 0.0696. The maximum Gasteiger partial charge on any atom is 0.335 e. The van der Waals surface area contributed by atoms with E-state index in [1.165, 1.54) is 18.3 Å². The van der Waals surface area contributed by atoms with Crippen LogP contribution >= 0.6 is 0 Å². The van der Waals surface area contributed by atoms with Crippen molar-refractivity contribution in [1.82, 2.24) is 15.2 Å². The van der Waals surface area contributed by atoms with Crippen molar-refractivity contribution in [2.24, 2.45) is 0 Å². The highest BCUT2D eigenvalue weighted by atomic mass is 16.4. The van der Waals surface area contributed by atoms with Gasteiger partial charge in [0.25, 0.3) is 0 Å². The Morgan fingerprint density at radius 1 is 1.52 bits per heavy atom. The Kier molecular flexibility index (Phi) is 6.14. The van der Waals surface area contributed by atoms with E-state index in [1.807, 2.05) is 19.9 Å². The van der Waals surface area contributed by atoms with Crippen molar-refractivity contribution in [3.63, 3.8) is 0 Å². The Balaban J connectivity index is 2.64. The number of carbonyl (C=O) groups excluding carboxylic acids is 1. The molecule has 0 bridgehead atoms. The Morgan fingerprint density at radius 2 is 2.24 bits per heavy atom. The molecule has 0 fully saturated rings. The van der Waals surface area contributed by atoms with E-state index in [-0.39, 0.29) is 30.6 Å². The zero-order valence-corrected chi connectivity index (χ0v) is 12.0. The van der Waals surface area contributed by atoms with Crippen LogP contribution in [-0.2, 0) is 6.54 Å². The third-order valence-electron chi connectivity index (χ3n) is 2.83. The SMILES string of the molecule is CC(C)N(CCC#N)C(=O)NCc1cc(C(=O)O)ccn1. The minimum absolute atomic E-state index is 0.0309. The van der Waals surface area contributed by atoms with E-state index in [2.05, 4.69) is 10.3 Å². The number of pyridine rings is 1. The highest BCUT2D eigenvalue weighted by molar-refractivity contribution is 5.87. The minimum atomic E-state index is -1.04. The van der Waals surface area contributed by atoms with Crippen molar-refractivity contribution in [2.45, 2.75) is 32.9 Å². The molecule has 0 unspecified atom stereocenters. The number of aromatic carboxylic acids is 1. The van der Waals surface area contributed by atoms with E-state index < -0.39 is 5.97 Å². The molecule has 0 saturated heterocycles. The summed E-state index contributed by atoms with van der Waals surface area (Å²) >= 11 is 0. The first-order valence-electron chi connectivity index (χ1n) is 6.55. The molecule has 0 aliphatic rings. The summed E-state index contributed by atoms with van der Waals surface area (Å²) < 4.78 is 0. The van der Waals surface area contributed by atoms with E-state index in [1.54, 1.807) is 4.90 Å². The van der Waals surface area contributed by atoms with Crippen molar-refractivity contribution < 1.29 is 14.7 Å². The summed E-state index contributed by atoms with van der Waals surface area (Å²) in [7, 11) is 0. The third kappa shape index (κ3) is 5.10. The van der Waals surface area contributed by atoms with Crippen LogP contribution in [0.25, 0.3) is 0 Å². The van der Waals surface area contributed by atoms with Crippen molar-refractivity contribution in [3.8, 4) is 6.07 Å². The quantitative estimate of drug-likeness (QED) is 0.827. The van der Waals surface area contributed by atoms with E-state index in [4.69, 9.17) is 10.4 Å². The monoisotopic (exact) mass is 290 g/mol. The maximum atomic E-state index is 12.0. The molecule has 1 aromatic rings. The number of amides is 2. The van der Waals surface area contributed by atoms with E-state index in [0.717, 1.165) is 0 Å². The summed E-state index contributed by atoms with van der Waals surface area (Å²) in [6, 6.07) is 4.47. The molecular weight excluding hydrogens is 272 g/mol. The van der Waals surface area contributed by atoms with Crippen molar-refractivity contribution in [1.29, 1.82) is 5.26 Å². The maximum absolute atomic E-state index is 12.0. The van der Waals surface area contributed by atoms with Gasteiger partial charge in [0.2, 0.25) is 0 Å². The smallest absolute Gasteiger partial charge is 0.335 e. The van der Waals surface area contributed by atoms with Gasteiger partial charge in [0.15, 0.2) is 0 Å². The number of hydrogen-bond donors (Lipinski definition) is 2. The fourth-order valence-corrected chi connectivity index (χ4v) is 1.74. The molecule has 1 aromatic heterocycles. The Morgan fingerprint density at radius 3 is 2.81 bits per heavy atom. The number of nitrogens with zero attached hydrogens (tertiary/aromatic N) is 3. The van der Waals surface area contributed by atoms with Gasteiger partial charge in [-0.05, 0) is 26.0 Å². The summed E-state index contributed by atoms with van der Waals surface area (Å²) in [5.74, 6) is -1.04. The molecule has 0 aliphatic heterocycles. The minimum Gasteiger partial charge on any atom is -0.478 e. The molecule has 0 aromatic carbocycles. The zero-order valence-electron chi connectivity index (χ0n) is 12.0. The van der Waals surface area contributed by atoms with Crippen LogP contribution in [0.2, 0.25) is 0 Å². The van der Waals surface area contributed by atoms with Crippen LogP contribution < -0.4 is 5.32 Å². The summed E-state index contributed by atoms with van der Waals surface area (Å²) in [5.41, 5.74) is 0.590. The topological polar surface area (TPSA) is 106 Å². The first kappa shape index (κ1) is 16.4. The Bertz CT molecular complexity index is 551. The van der Waals surface area contributed by atoms with E-state index >= 15 is 0 Å². The van der Waals surface area contributed by atoms with Gasteiger partial charge in [-0.25, -0.2) is 9.59 Å². The van der Waals surface area contributed by atoms with Crippen LogP contribution in [0.3, 0.4) is 0 Å². The molecule has 112 valence electrons.